The van der Waals surface area contributed by atoms with Gasteiger partial charge in [-0.25, -0.2) is 4.98 Å². The molecule has 0 aliphatic heterocycles. The lowest BCUT2D eigenvalue weighted by Gasteiger charge is -2.22. The van der Waals surface area contributed by atoms with Crippen molar-refractivity contribution in [2.45, 2.75) is 25.7 Å². The summed E-state index contributed by atoms with van der Waals surface area (Å²) >= 11 is 0. The van der Waals surface area contributed by atoms with Crippen LogP contribution in [0.25, 0.3) is 0 Å². The summed E-state index contributed by atoms with van der Waals surface area (Å²) in [7, 11) is 1.50. The Morgan fingerprint density at radius 1 is 1.50 bits per heavy atom. The Hall–Kier alpha value is -1.52. The largest absolute Gasteiger partial charge is 0.489 e. The van der Waals surface area contributed by atoms with E-state index in [1.54, 1.807) is 0 Å². The fourth-order valence-electron chi connectivity index (χ4n) is 3.56. The smallest absolute Gasteiger partial charge is 0.295 e. The van der Waals surface area contributed by atoms with E-state index in [0.717, 1.165) is 24.3 Å². The molecule has 2 N–H and O–H groups in total. The summed E-state index contributed by atoms with van der Waals surface area (Å²) in [4.78, 5) is 18.2. The predicted molar refractivity (Wildman–Crippen MR) is 68.8 cm³/mol. The quantitative estimate of drug-likeness (QED) is 0.851. The highest BCUT2D eigenvalue weighted by molar-refractivity contribution is 5.47. The number of fused-ring (bicyclic) bond motifs is 2. The normalized spacial score (nSPS) is 29.5. The monoisotopic (exact) mass is 249 g/mol. The van der Waals surface area contributed by atoms with Crippen molar-refractivity contribution in [1.29, 1.82) is 0 Å². The summed E-state index contributed by atoms with van der Waals surface area (Å²) < 4.78 is 5.08. The molecule has 2 aliphatic carbocycles. The van der Waals surface area contributed by atoms with Gasteiger partial charge in [0.05, 0.1) is 13.4 Å². The molecular weight excluding hydrogens is 230 g/mol. The summed E-state index contributed by atoms with van der Waals surface area (Å²) in [6.45, 7) is 0.897. The van der Waals surface area contributed by atoms with Crippen molar-refractivity contribution in [3.63, 3.8) is 0 Å². The predicted octanol–water partition coefficient (Wildman–Crippen LogP) is 1.63. The first-order chi connectivity index (χ1) is 8.78. The number of methoxy groups -OCH3 is 1. The van der Waals surface area contributed by atoms with Gasteiger partial charge in [0.2, 0.25) is 5.75 Å². The second-order valence-electron chi connectivity index (χ2n) is 5.43. The van der Waals surface area contributed by atoms with Gasteiger partial charge in [0.25, 0.3) is 5.56 Å². The Bertz CT molecular complexity index is 485. The second-order valence-corrected chi connectivity index (χ2v) is 5.43. The lowest BCUT2D eigenvalue weighted by atomic mass is 9.89. The minimum atomic E-state index is -0.233. The zero-order valence-corrected chi connectivity index (χ0v) is 10.6. The molecule has 0 aromatic carbocycles. The first kappa shape index (κ1) is 11.6. The summed E-state index contributed by atoms with van der Waals surface area (Å²) in [5.74, 6) is 3.38. The van der Waals surface area contributed by atoms with Crippen LogP contribution in [0.1, 0.15) is 25.7 Å². The van der Waals surface area contributed by atoms with Gasteiger partial charge in [-0.1, -0.05) is 6.42 Å². The number of nitrogens with zero attached hydrogens (tertiary/aromatic N) is 1. The maximum Gasteiger partial charge on any atom is 0.295 e. The minimum Gasteiger partial charge on any atom is -0.489 e. The van der Waals surface area contributed by atoms with E-state index in [1.807, 2.05) is 0 Å². The molecular formula is C13H19N3O2. The fourth-order valence-corrected chi connectivity index (χ4v) is 3.56. The Morgan fingerprint density at radius 3 is 3.06 bits per heavy atom. The molecule has 1 aromatic heterocycles. The second kappa shape index (κ2) is 4.63. The van der Waals surface area contributed by atoms with Crippen molar-refractivity contribution >= 4 is 5.82 Å². The lowest BCUT2D eigenvalue weighted by Crippen LogP contribution is -2.22. The summed E-state index contributed by atoms with van der Waals surface area (Å²) in [5, 5.41) is 3.28. The van der Waals surface area contributed by atoms with Gasteiger partial charge >= 0.3 is 0 Å². The van der Waals surface area contributed by atoms with Crippen LogP contribution in [-0.2, 0) is 0 Å². The van der Waals surface area contributed by atoms with E-state index in [1.165, 1.54) is 39.1 Å². The number of hydrogen-bond acceptors (Lipinski definition) is 4. The van der Waals surface area contributed by atoms with Gasteiger partial charge in [0, 0.05) is 6.54 Å². The van der Waals surface area contributed by atoms with E-state index >= 15 is 0 Å². The van der Waals surface area contributed by atoms with E-state index in [0.29, 0.717) is 5.82 Å². The van der Waals surface area contributed by atoms with E-state index in [2.05, 4.69) is 15.3 Å². The van der Waals surface area contributed by atoms with Crippen LogP contribution in [0.4, 0.5) is 5.82 Å². The molecule has 0 saturated heterocycles. The van der Waals surface area contributed by atoms with Crippen LogP contribution in [0.2, 0.25) is 0 Å². The van der Waals surface area contributed by atoms with Crippen molar-refractivity contribution in [2.75, 3.05) is 19.0 Å². The van der Waals surface area contributed by atoms with Gasteiger partial charge in [-0.05, 0) is 37.0 Å². The van der Waals surface area contributed by atoms with Gasteiger partial charge in [-0.3, -0.25) is 4.79 Å². The Morgan fingerprint density at radius 2 is 2.39 bits per heavy atom. The molecule has 1 heterocycles. The van der Waals surface area contributed by atoms with E-state index in [-0.39, 0.29) is 11.3 Å². The van der Waals surface area contributed by atoms with Gasteiger partial charge < -0.3 is 15.0 Å². The standard InChI is InChI=1S/C13H19N3O2/c1-18-11-12(15-7-16-13(11)17)14-6-10-5-8-2-3-9(10)4-8/h7-10H,2-6H2,1H3,(H2,14,15,16,17). The average Bonchev–Trinajstić information content (AvgIpc) is 2.98. The highest BCUT2D eigenvalue weighted by Gasteiger charge is 2.39. The molecule has 2 fully saturated rings. The van der Waals surface area contributed by atoms with E-state index < -0.39 is 0 Å². The third kappa shape index (κ3) is 1.98. The van der Waals surface area contributed by atoms with Crippen LogP contribution in [0, 0.1) is 17.8 Å². The first-order valence-electron chi connectivity index (χ1n) is 6.63. The fraction of sp³-hybridized carbons (Fsp3) is 0.692. The molecule has 2 bridgehead atoms. The lowest BCUT2D eigenvalue weighted by molar-refractivity contribution is 0.347. The van der Waals surface area contributed by atoms with Crippen LogP contribution in [-0.4, -0.2) is 23.6 Å². The Labute approximate surface area is 106 Å². The number of aromatic amines is 1. The molecule has 5 heteroatoms. The molecule has 3 atom stereocenters. The third-order valence-corrected chi connectivity index (χ3v) is 4.43. The highest BCUT2D eigenvalue weighted by atomic mass is 16.5. The van der Waals surface area contributed by atoms with Crippen LogP contribution in [0.5, 0.6) is 5.75 Å². The molecule has 2 saturated carbocycles. The van der Waals surface area contributed by atoms with Crippen LogP contribution < -0.4 is 15.6 Å². The Kier molecular flexibility index (Phi) is 2.97. The molecule has 0 amide bonds. The van der Waals surface area contributed by atoms with Gasteiger partial charge in [0.1, 0.15) is 0 Å². The maximum atomic E-state index is 11.5. The summed E-state index contributed by atoms with van der Waals surface area (Å²) in [5.41, 5.74) is -0.233. The molecule has 1 aromatic rings. The third-order valence-electron chi connectivity index (χ3n) is 4.43. The van der Waals surface area contributed by atoms with E-state index in [4.69, 9.17) is 4.74 Å². The van der Waals surface area contributed by atoms with Crippen molar-refractivity contribution < 1.29 is 4.74 Å². The molecule has 0 radical (unpaired) electrons. The number of hydrogen-bond donors (Lipinski definition) is 2. The van der Waals surface area contributed by atoms with Crippen molar-refractivity contribution in [3.05, 3.63) is 16.7 Å². The molecule has 98 valence electrons. The van der Waals surface area contributed by atoms with Gasteiger partial charge in [0.15, 0.2) is 5.82 Å². The summed E-state index contributed by atoms with van der Waals surface area (Å²) in [6.07, 6.45) is 6.91. The molecule has 5 nitrogen and oxygen atoms in total. The van der Waals surface area contributed by atoms with Crippen LogP contribution in [0.15, 0.2) is 11.1 Å². The summed E-state index contributed by atoms with van der Waals surface area (Å²) in [6, 6.07) is 0. The average molecular weight is 249 g/mol. The molecule has 18 heavy (non-hydrogen) atoms. The zero-order valence-electron chi connectivity index (χ0n) is 10.6. The number of ether oxygens (including phenoxy) is 1. The number of anilines is 1. The number of aromatic nitrogens is 2. The maximum absolute atomic E-state index is 11.5. The number of rotatable bonds is 4. The molecule has 3 rings (SSSR count). The van der Waals surface area contributed by atoms with Crippen molar-refractivity contribution in [2.24, 2.45) is 17.8 Å². The SMILES string of the molecule is COc1c(NCC2CC3CCC2C3)nc[nH]c1=O. The van der Waals surface area contributed by atoms with Crippen molar-refractivity contribution in [1.82, 2.24) is 9.97 Å². The van der Waals surface area contributed by atoms with Gasteiger partial charge in [-0.2, -0.15) is 0 Å². The van der Waals surface area contributed by atoms with Crippen LogP contribution in [0.3, 0.4) is 0 Å². The Balaban J connectivity index is 1.67. The molecule has 0 spiro atoms. The first-order valence-corrected chi connectivity index (χ1v) is 6.63. The number of H-pyrrole nitrogens is 1. The molecule has 3 unspecified atom stereocenters. The molecule has 2 aliphatic rings. The van der Waals surface area contributed by atoms with Crippen molar-refractivity contribution in [3.8, 4) is 5.75 Å². The highest BCUT2D eigenvalue weighted by Crippen LogP contribution is 2.48. The van der Waals surface area contributed by atoms with Crippen LogP contribution >= 0.6 is 0 Å². The van der Waals surface area contributed by atoms with E-state index in [9.17, 15) is 4.79 Å². The zero-order chi connectivity index (χ0) is 12.5. The topological polar surface area (TPSA) is 67.0 Å². The minimum absolute atomic E-state index is 0.233. The van der Waals surface area contributed by atoms with Gasteiger partial charge in [-0.15, -0.1) is 0 Å². The number of nitrogens with one attached hydrogen (secondary N) is 2.